The first-order chi connectivity index (χ1) is 37.0. The van der Waals surface area contributed by atoms with E-state index in [2.05, 4.69) is 269 Å². The lowest BCUT2D eigenvalue weighted by Crippen LogP contribution is -2.61. The second-order valence-corrected chi connectivity index (χ2v) is 27.9. The van der Waals surface area contributed by atoms with Crippen molar-refractivity contribution in [3.05, 3.63) is 203 Å². The van der Waals surface area contributed by atoms with Crippen molar-refractivity contribution in [1.29, 1.82) is 0 Å². The predicted octanol–water partition coefficient (Wildman–Crippen LogP) is 18.3. The van der Waals surface area contributed by atoms with E-state index in [4.69, 9.17) is 4.42 Å². The van der Waals surface area contributed by atoms with Crippen LogP contribution in [0.3, 0.4) is 0 Å². The van der Waals surface area contributed by atoms with Crippen LogP contribution in [0.5, 0.6) is 0 Å². The van der Waals surface area contributed by atoms with E-state index in [1.807, 2.05) is 0 Å². The number of fused-ring (bicyclic) bond motifs is 11. The Kier molecular flexibility index (Phi) is 10.3. The van der Waals surface area contributed by atoms with Crippen molar-refractivity contribution < 1.29 is 4.42 Å². The van der Waals surface area contributed by atoms with Gasteiger partial charge in [0, 0.05) is 50.6 Å². The topological polar surface area (TPSA) is 22.9 Å². The fourth-order valence-electron chi connectivity index (χ4n) is 14.8. The third kappa shape index (κ3) is 7.11. The molecule has 0 bridgehead atoms. The standard InChI is InChI=1S/C73H74BN3O/c1-68(2,3)45-28-33-64-53(38-45)66-67(78-64)74-60-43-58-59(72(10,11)37-36-71(58,8)9)44-61(60)76(49-30-32-55-57(40-49)70(6,7)35-34-69(55,4)5)62-41-50(42-63(65(62)74)77(66)47-24-18-15-19-25-47)75(46-22-16-14-17-23-46)48-29-31-52-51-26-20-21-27-54(51)73(12,13)56(52)39-48/h14-33,38-44H,34-37H2,1-13H3. The quantitative estimate of drug-likeness (QED) is 0.160. The SMILES string of the molecule is CC(C)(C)c1ccc2oc3c(c2c1)N(c1ccccc1)c1cc(N(c2ccccc2)c2ccc4c(c2)C(C)(C)c2ccccc2-4)cc2c1B3c1cc3c(cc1N2c1ccc2c(c1)C(C)(C)CCC2(C)C)C(C)(C)CCC3(C)C. The first-order valence-corrected chi connectivity index (χ1v) is 28.9. The monoisotopic (exact) mass is 1020 g/mol. The number of hydrogen-bond donors (Lipinski definition) is 0. The maximum Gasteiger partial charge on any atom is 0.297 e. The van der Waals surface area contributed by atoms with Gasteiger partial charge >= 0.3 is 0 Å². The van der Waals surface area contributed by atoms with Crippen LogP contribution in [0.15, 0.2) is 168 Å². The van der Waals surface area contributed by atoms with Crippen molar-refractivity contribution in [3.8, 4) is 11.1 Å². The van der Waals surface area contributed by atoms with Crippen LogP contribution in [0, 0.1) is 0 Å². The number of hydrogen-bond acceptors (Lipinski definition) is 4. The first-order valence-electron chi connectivity index (χ1n) is 28.9. The summed E-state index contributed by atoms with van der Waals surface area (Å²) in [6.45, 7) is 31.3. The zero-order valence-corrected chi connectivity index (χ0v) is 48.2. The van der Waals surface area contributed by atoms with Gasteiger partial charge in [-0.25, -0.2) is 0 Å². The summed E-state index contributed by atoms with van der Waals surface area (Å²) in [5.74, 6) is 0. The minimum absolute atomic E-state index is 0.00939. The molecule has 0 N–H and O–H groups in total. The molecule has 0 fully saturated rings. The van der Waals surface area contributed by atoms with E-state index >= 15 is 0 Å². The smallest absolute Gasteiger partial charge is 0.297 e. The van der Waals surface area contributed by atoms with Crippen molar-refractivity contribution >= 4 is 85.5 Å². The molecule has 4 nitrogen and oxygen atoms in total. The van der Waals surface area contributed by atoms with E-state index in [0.29, 0.717) is 0 Å². The number of rotatable bonds is 5. The van der Waals surface area contributed by atoms with E-state index in [1.165, 1.54) is 84.5 Å². The van der Waals surface area contributed by atoms with Gasteiger partial charge in [0.05, 0.1) is 17.0 Å². The van der Waals surface area contributed by atoms with Crippen molar-refractivity contribution in [1.82, 2.24) is 0 Å². The third-order valence-electron chi connectivity index (χ3n) is 19.7. The van der Waals surface area contributed by atoms with Crippen LogP contribution >= 0.6 is 0 Å². The van der Waals surface area contributed by atoms with Crippen LogP contribution in [-0.2, 0) is 32.5 Å². The Hall–Kier alpha value is -7.24. The molecule has 0 radical (unpaired) electrons. The summed E-state index contributed by atoms with van der Waals surface area (Å²) in [6.07, 6.45) is 4.58. The summed E-state index contributed by atoms with van der Waals surface area (Å²) >= 11 is 0. The molecule has 5 heteroatoms. The van der Waals surface area contributed by atoms with Crippen LogP contribution in [0.4, 0.5) is 51.2 Å². The third-order valence-corrected chi connectivity index (χ3v) is 19.7. The Morgan fingerprint density at radius 2 is 1.04 bits per heavy atom. The Bertz CT molecular complexity index is 3960. The van der Waals surface area contributed by atoms with Gasteiger partial charge in [0.1, 0.15) is 5.58 Å². The number of furan rings is 1. The molecule has 14 rings (SSSR count). The largest absolute Gasteiger partial charge is 0.468 e. The highest BCUT2D eigenvalue weighted by Gasteiger charge is 2.50. The van der Waals surface area contributed by atoms with Gasteiger partial charge in [-0.05, 0) is 193 Å². The van der Waals surface area contributed by atoms with Gasteiger partial charge in [-0.1, -0.05) is 175 Å². The predicted molar refractivity (Wildman–Crippen MR) is 332 cm³/mol. The summed E-state index contributed by atoms with van der Waals surface area (Å²) in [6, 6.07) is 63.2. The van der Waals surface area contributed by atoms with E-state index in [9.17, 15) is 0 Å². The molecule has 0 saturated carbocycles. The molecular weight excluding hydrogens is 946 g/mol. The van der Waals surface area contributed by atoms with Gasteiger partial charge in [-0.15, -0.1) is 0 Å². The number of anilines is 9. The van der Waals surface area contributed by atoms with Gasteiger partial charge in [0.15, 0.2) is 0 Å². The minimum Gasteiger partial charge on any atom is -0.468 e. The maximum absolute atomic E-state index is 7.55. The van der Waals surface area contributed by atoms with Crippen LogP contribution in [0.25, 0.3) is 22.1 Å². The highest BCUT2D eigenvalue weighted by Crippen LogP contribution is 2.56. The molecule has 390 valence electrons. The van der Waals surface area contributed by atoms with Crippen molar-refractivity contribution in [3.63, 3.8) is 0 Å². The van der Waals surface area contributed by atoms with Crippen LogP contribution in [-0.4, -0.2) is 6.71 Å². The zero-order chi connectivity index (χ0) is 54.2. The molecule has 0 atom stereocenters. The van der Waals surface area contributed by atoms with E-state index in [-0.39, 0.29) is 39.2 Å². The molecule has 3 aliphatic carbocycles. The van der Waals surface area contributed by atoms with Crippen LogP contribution < -0.4 is 31.3 Å². The van der Waals surface area contributed by atoms with Crippen molar-refractivity contribution in [2.45, 2.75) is 148 Å². The molecule has 8 aromatic carbocycles. The molecule has 1 aromatic heterocycles. The summed E-state index contributed by atoms with van der Waals surface area (Å²) in [5.41, 5.74) is 27.2. The summed E-state index contributed by atoms with van der Waals surface area (Å²) < 4.78 is 7.55. The van der Waals surface area contributed by atoms with Gasteiger partial charge in [0.25, 0.3) is 6.71 Å². The number of benzene rings is 8. The van der Waals surface area contributed by atoms with Gasteiger partial charge in [0.2, 0.25) is 0 Å². The molecule has 9 aromatic rings. The lowest BCUT2D eigenvalue weighted by Gasteiger charge is -2.47. The van der Waals surface area contributed by atoms with Crippen molar-refractivity contribution in [2.24, 2.45) is 0 Å². The lowest BCUT2D eigenvalue weighted by atomic mass is 9.35. The second-order valence-electron chi connectivity index (χ2n) is 27.9. The molecule has 78 heavy (non-hydrogen) atoms. The molecular formula is C73H74BN3O. The van der Waals surface area contributed by atoms with Gasteiger partial charge in [-0.2, -0.15) is 0 Å². The summed E-state index contributed by atoms with van der Waals surface area (Å²) in [7, 11) is 0. The molecule has 0 amide bonds. The highest BCUT2D eigenvalue weighted by atomic mass is 16.3. The molecule has 2 aliphatic heterocycles. The Morgan fingerprint density at radius 3 is 1.72 bits per heavy atom. The fraction of sp³-hybridized carbons (Fsp3) is 0.315. The molecule has 3 heterocycles. The van der Waals surface area contributed by atoms with E-state index < -0.39 is 0 Å². The normalized spacial score (nSPS) is 18.3. The average Bonchev–Trinajstić information content (AvgIpc) is 4.03. The van der Waals surface area contributed by atoms with E-state index in [1.54, 1.807) is 0 Å². The number of para-hydroxylation sites is 2. The minimum atomic E-state index is -0.195. The van der Waals surface area contributed by atoms with Crippen molar-refractivity contribution in [2.75, 3.05) is 14.7 Å². The Morgan fingerprint density at radius 1 is 0.449 bits per heavy atom. The molecule has 0 saturated heterocycles. The summed E-state index contributed by atoms with van der Waals surface area (Å²) in [4.78, 5) is 7.77. The number of nitrogens with zero attached hydrogens (tertiary/aromatic N) is 3. The van der Waals surface area contributed by atoms with E-state index in [0.717, 1.165) is 70.0 Å². The molecule has 0 spiro atoms. The fourth-order valence-corrected chi connectivity index (χ4v) is 14.8. The lowest BCUT2D eigenvalue weighted by molar-refractivity contribution is 0.332. The second kappa shape index (κ2) is 16.4. The maximum atomic E-state index is 7.55. The highest BCUT2D eigenvalue weighted by molar-refractivity contribution is 7.00. The Balaban J connectivity index is 1.13. The van der Waals surface area contributed by atoms with Gasteiger partial charge in [-0.3, -0.25) is 0 Å². The zero-order valence-electron chi connectivity index (χ0n) is 48.2. The van der Waals surface area contributed by atoms with Gasteiger partial charge < -0.3 is 19.1 Å². The first kappa shape index (κ1) is 49.1. The average molecular weight is 1020 g/mol. The van der Waals surface area contributed by atoms with Crippen LogP contribution in [0.2, 0.25) is 0 Å². The summed E-state index contributed by atoms with van der Waals surface area (Å²) in [5, 5.41) is 1.14. The Labute approximate surface area is 464 Å². The molecule has 5 aliphatic rings. The molecule has 0 unspecified atom stereocenters. The van der Waals surface area contributed by atoms with Crippen LogP contribution in [0.1, 0.15) is 155 Å².